The van der Waals surface area contributed by atoms with E-state index in [0.717, 1.165) is 50.6 Å². The van der Waals surface area contributed by atoms with Gasteiger partial charge in [0.25, 0.3) is 0 Å². The Hall–Kier alpha value is -3.10. The zero-order valence-corrected chi connectivity index (χ0v) is 25.0. The number of anilines is 1. The van der Waals surface area contributed by atoms with Gasteiger partial charge in [0.15, 0.2) is 13.1 Å². The molecule has 3 atom stereocenters. The summed E-state index contributed by atoms with van der Waals surface area (Å²) in [7, 11) is 3.17. The number of aliphatic hydroxyl groups is 1. The minimum Gasteiger partial charge on any atom is -0.489 e. The summed E-state index contributed by atoms with van der Waals surface area (Å²) in [6.45, 7) is 10.3. The fraction of sp³-hybridized carbons (Fsp3) is 0.471. The van der Waals surface area contributed by atoms with Gasteiger partial charge in [0, 0.05) is 59.1 Å². The number of aliphatic hydroxyl groups excluding tert-OH is 1. The summed E-state index contributed by atoms with van der Waals surface area (Å²) in [6.07, 6.45) is 0.969. The van der Waals surface area contributed by atoms with Crippen LogP contribution in [0.2, 0.25) is 0 Å². The average Bonchev–Trinajstić information content (AvgIpc) is 3.00. The standard InChI is InChI=1S/C34H46N2O5/c1-26(22-34(37)39-4)21-27(2)30-9-13-32(14-10-30)40-24-29-7-5-28(6-8-29)23-35-17-19-36(20-18-35)31-11-15-33(16-12-31)41-25-38-3/h5-16,26-27,34,37H,17-25H2,1-4H3/t26?,27?,34-/m0/s1. The molecular formula is C34H46N2O5. The minimum atomic E-state index is -0.685. The first-order chi connectivity index (χ1) is 19.9. The monoisotopic (exact) mass is 562 g/mol. The normalized spacial score (nSPS) is 16.3. The third-order valence-corrected chi connectivity index (χ3v) is 7.83. The Labute approximate surface area is 245 Å². The van der Waals surface area contributed by atoms with Gasteiger partial charge in [-0.15, -0.1) is 0 Å². The second-order valence-electron chi connectivity index (χ2n) is 11.2. The van der Waals surface area contributed by atoms with E-state index in [4.69, 9.17) is 18.9 Å². The highest BCUT2D eigenvalue weighted by atomic mass is 16.7. The molecule has 0 saturated carbocycles. The number of benzene rings is 3. The molecule has 7 nitrogen and oxygen atoms in total. The fourth-order valence-corrected chi connectivity index (χ4v) is 5.38. The lowest BCUT2D eigenvalue weighted by Crippen LogP contribution is -2.45. The van der Waals surface area contributed by atoms with Crippen molar-refractivity contribution in [3.05, 3.63) is 89.5 Å². The van der Waals surface area contributed by atoms with Gasteiger partial charge in [0.05, 0.1) is 0 Å². The Morgan fingerprint density at radius 1 is 0.732 bits per heavy atom. The van der Waals surface area contributed by atoms with E-state index in [1.807, 2.05) is 12.1 Å². The number of piperazine rings is 1. The van der Waals surface area contributed by atoms with Gasteiger partial charge in [0.2, 0.25) is 0 Å². The van der Waals surface area contributed by atoms with Crippen LogP contribution in [0.1, 0.15) is 49.3 Å². The molecule has 2 unspecified atom stereocenters. The second-order valence-corrected chi connectivity index (χ2v) is 11.2. The van der Waals surface area contributed by atoms with Crippen LogP contribution >= 0.6 is 0 Å². The summed E-state index contributed by atoms with van der Waals surface area (Å²) >= 11 is 0. The molecule has 1 N–H and O–H groups in total. The first-order valence-corrected chi connectivity index (χ1v) is 14.6. The second kappa shape index (κ2) is 15.8. The predicted molar refractivity (Wildman–Crippen MR) is 163 cm³/mol. The molecular weight excluding hydrogens is 516 g/mol. The van der Waals surface area contributed by atoms with Crippen molar-refractivity contribution in [2.45, 2.75) is 52.0 Å². The van der Waals surface area contributed by atoms with E-state index in [-0.39, 0.29) is 6.79 Å². The van der Waals surface area contributed by atoms with Gasteiger partial charge in [-0.3, -0.25) is 4.90 Å². The van der Waals surface area contributed by atoms with Crippen molar-refractivity contribution in [1.29, 1.82) is 0 Å². The molecule has 1 fully saturated rings. The van der Waals surface area contributed by atoms with Gasteiger partial charge in [-0.25, -0.2) is 0 Å². The zero-order valence-electron chi connectivity index (χ0n) is 25.0. The lowest BCUT2D eigenvalue weighted by atomic mass is 9.89. The molecule has 1 aliphatic rings. The highest BCUT2D eigenvalue weighted by Crippen LogP contribution is 2.27. The molecule has 4 rings (SSSR count). The van der Waals surface area contributed by atoms with Gasteiger partial charge >= 0.3 is 0 Å². The van der Waals surface area contributed by atoms with Gasteiger partial charge in [-0.05, 0) is 71.3 Å². The summed E-state index contributed by atoms with van der Waals surface area (Å²) in [4.78, 5) is 4.94. The van der Waals surface area contributed by atoms with Crippen LogP contribution in [-0.4, -0.2) is 63.5 Å². The number of methoxy groups -OCH3 is 2. The summed E-state index contributed by atoms with van der Waals surface area (Å²) in [5, 5.41) is 9.71. The van der Waals surface area contributed by atoms with E-state index < -0.39 is 6.29 Å². The Kier molecular flexibility index (Phi) is 11.9. The Balaban J connectivity index is 1.18. The Morgan fingerprint density at radius 3 is 1.98 bits per heavy atom. The molecule has 0 aliphatic carbocycles. The number of nitrogens with zero attached hydrogens (tertiary/aromatic N) is 2. The third kappa shape index (κ3) is 9.75. The van der Waals surface area contributed by atoms with Crippen LogP contribution in [0.15, 0.2) is 72.8 Å². The molecule has 0 aromatic heterocycles. The third-order valence-electron chi connectivity index (χ3n) is 7.83. The van der Waals surface area contributed by atoms with Crippen molar-refractivity contribution in [3.8, 4) is 11.5 Å². The van der Waals surface area contributed by atoms with Crippen LogP contribution in [0, 0.1) is 5.92 Å². The van der Waals surface area contributed by atoms with Crippen LogP contribution in [0.25, 0.3) is 0 Å². The van der Waals surface area contributed by atoms with Crippen LogP contribution in [0.4, 0.5) is 5.69 Å². The zero-order chi connectivity index (χ0) is 29.0. The van der Waals surface area contributed by atoms with E-state index in [1.54, 1.807) is 14.2 Å². The molecule has 1 saturated heterocycles. The quantitative estimate of drug-likeness (QED) is 0.226. The predicted octanol–water partition coefficient (Wildman–Crippen LogP) is 6.06. The minimum absolute atomic E-state index is 0.267. The summed E-state index contributed by atoms with van der Waals surface area (Å²) in [5.41, 5.74) is 5.01. The molecule has 7 heteroatoms. The van der Waals surface area contributed by atoms with Gasteiger partial charge in [0.1, 0.15) is 18.1 Å². The molecule has 0 radical (unpaired) electrons. The molecule has 0 bridgehead atoms. The van der Waals surface area contributed by atoms with E-state index in [1.165, 1.54) is 22.4 Å². The average molecular weight is 563 g/mol. The van der Waals surface area contributed by atoms with Crippen LogP contribution < -0.4 is 14.4 Å². The molecule has 3 aromatic rings. The van der Waals surface area contributed by atoms with Gasteiger partial charge < -0.3 is 29.0 Å². The SMILES string of the molecule is COCOc1ccc(N2CCN(Cc3ccc(COc4ccc(C(C)CC(C)C[C@@H](O)OC)cc4)cc3)CC2)cc1. The van der Waals surface area contributed by atoms with Crippen molar-refractivity contribution < 1.29 is 24.1 Å². The topological polar surface area (TPSA) is 63.6 Å². The lowest BCUT2D eigenvalue weighted by molar-refractivity contribution is -0.0867. The molecule has 41 heavy (non-hydrogen) atoms. The highest BCUT2D eigenvalue weighted by molar-refractivity contribution is 5.49. The molecule has 0 amide bonds. The summed E-state index contributed by atoms with van der Waals surface area (Å²) in [6, 6.07) is 25.4. The lowest BCUT2D eigenvalue weighted by Gasteiger charge is -2.36. The van der Waals surface area contributed by atoms with Crippen LogP contribution in [-0.2, 0) is 22.6 Å². The van der Waals surface area contributed by atoms with Crippen molar-refractivity contribution in [1.82, 2.24) is 4.90 Å². The molecule has 1 heterocycles. The smallest absolute Gasteiger partial charge is 0.188 e. The van der Waals surface area contributed by atoms with E-state index in [2.05, 4.69) is 84.3 Å². The molecule has 3 aromatic carbocycles. The maximum Gasteiger partial charge on any atom is 0.188 e. The summed E-state index contributed by atoms with van der Waals surface area (Å²) in [5.74, 6) is 2.50. The first-order valence-electron chi connectivity index (χ1n) is 14.6. The van der Waals surface area contributed by atoms with E-state index in [9.17, 15) is 5.11 Å². The van der Waals surface area contributed by atoms with Crippen molar-refractivity contribution in [2.24, 2.45) is 5.92 Å². The van der Waals surface area contributed by atoms with E-state index >= 15 is 0 Å². The van der Waals surface area contributed by atoms with Crippen molar-refractivity contribution in [3.63, 3.8) is 0 Å². The molecule has 222 valence electrons. The number of rotatable bonds is 15. The Morgan fingerprint density at radius 2 is 1.34 bits per heavy atom. The number of hydrogen-bond donors (Lipinski definition) is 1. The highest BCUT2D eigenvalue weighted by Gasteiger charge is 2.18. The maximum absolute atomic E-state index is 9.71. The van der Waals surface area contributed by atoms with Crippen molar-refractivity contribution in [2.75, 3.05) is 52.1 Å². The fourth-order valence-electron chi connectivity index (χ4n) is 5.38. The van der Waals surface area contributed by atoms with E-state index in [0.29, 0.717) is 24.9 Å². The number of ether oxygens (including phenoxy) is 4. The maximum atomic E-state index is 9.71. The first kappa shape index (κ1) is 30.8. The van der Waals surface area contributed by atoms with Crippen LogP contribution in [0.5, 0.6) is 11.5 Å². The molecule has 1 aliphatic heterocycles. The Bertz CT molecular complexity index is 1150. The summed E-state index contributed by atoms with van der Waals surface area (Å²) < 4.78 is 21.5. The molecule has 0 spiro atoms. The number of hydrogen-bond acceptors (Lipinski definition) is 7. The van der Waals surface area contributed by atoms with Crippen molar-refractivity contribution >= 4 is 5.69 Å². The van der Waals surface area contributed by atoms with Gasteiger partial charge in [-0.1, -0.05) is 50.2 Å². The largest absolute Gasteiger partial charge is 0.489 e. The van der Waals surface area contributed by atoms with Crippen LogP contribution in [0.3, 0.4) is 0 Å². The van der Waals surface area contributed by atoms with Gasteiger partial charge in [-0.2, -0.15) is 0 Å².